The summed E-state index contributed by atoms with van der Waals surface area (Å²) in [6, 6.07) is 11.6. The van der Waals surface area contributed by atoms with Crippen LogP contribution in [0.3, 0.4) is 0 Å². The summed E-state index contributed by atoms with van der Waals surface area (Å²) >= 11 is 0. The van der Waals surface area contributed by atoms with Crippen molar-refractivity contribution >= 4 is 10.0 Å². The molecule has 0 unspecified atom stereocenters. The van der Waals surface area contributed by atoms with Crippen molar-refractivity contribution < 1.29 is 21.9 Å². The molecule has 0 radical (unpaired) electrons. The highest BCUT2D eigenvalue weighted by Gasteiger charge is 2.33. The van der Waals surface area contributed by atoms with Crippen LogP contribution in [0.2, 0.25) is 0 Å². The molecule has 2 aromatic rings. The highest BCUT2D eigenvalue weighted by Crippen LogP contribution is 2.27. The number of ether oxygens (including phenoxy) is 1. The van der Waals surface area contributed by atoms with E-state index in [1.54, 1.807) is 0 Å². The maximum Gasteiger partial charge on any atom is 0.246 e. The third-order valence-electron chi connectivity index (χ3n) is 3.71. The Bertz CT molecular complexity index is 796. The Balaban J connectivity index is 1.90. The fourth-order valence-corrected chi connectivity index (χ4v) is 4.03. The molecule has 4 nitrogen and oxygen atoms in total. The highest BCUT2D eigenvalue weighted by atomic mass is 32.2. The van der Waals surface area contributed by atoms with Crippen molar-refractivity contribution in [3.63, 3.8) is 0 Å². The fraction of sp³-hybridized carbons (Fsp3) is 0.250. The number of benzene rings is 2. The van der Waals surface area contributed by atoms with Gasteiger partial charge in [0.25, 0.3) is 0 Å². The summed E-state index contributed by atoms with van der Waals surface area (Å²) in [5.74, 6) is -1.76. The molecule has 3 rings (SSSR count). The van der Waals surface area contributed by atoms with Crippen LogP contribution >= 0.6 is 0 Å². The smallest absolute Gasteiger partial charge is 0.246 e. The molecular formula is C16H15F2NO3S. The Morgan fingerprint density at radius 3 is 2.57 bits per heavy atom. The second kappa shape index (κ2) is 6.35. The third kappa shape index (κ3) is 3.26. The van der Waals surface area contributed by atoms with Gasteiger partial charge in [-0.2, -0.15) is 4.31 Å². The largest absolute Gasteiger partial charge is 0.371 e. The lowest BCUT2D eigenvalue weighted by molar-refractivity contribution is -0.00261. The van der Waals surface area contributed by atoms with Gasteiger partial charge in [0.2, 0.25) is 10.0 Å². The van der Waals surface area contributed by atoms with E-state index in [-0.39, 0.29) is 19.7 Å². The van der Waals surface area contributed by atoms with Crippen LogP contribution in [0.4, 0.5) is 8.78 Å². The molecule has 7 heteroatoms. The van der Waals surface area contributed by atoms with Crippen molar-refractivity contribution in [3.05, 3.63) is 65.7 Å². The molecule has 1 saturated heterocycles. The van der Waals surface area contributed by atoms with Crippen LogP contribution in [0, 0.1) is 11.6 Å². The number of rotatable bonds is 3. The molecule has 2 aromatic carbocycles. The molecule has 1 fully saturated rings. The predicted octanol–water partition coefficient (Wildman–Crippen LogP) is 2.73. The first-order valence-corrected chi connectivity index (χ1v) is 8.54. The van der Waals surface area contributed by atoms with Crippen LogP contribution in [0.1, 0.15) is 11.7 Å². The molecule has 1 aliphatic heterocycles. The molecule has 0 bridgehead atoms. The lowest BCUT2D eigenvalue weighted by atomic mass is 10.1. The highest BCUT2D eigenvalue weighted by molar-refractivity contribution is 7.89. The molecule has 0 saturated carbocycles. The number of hydrogen-bond donors (Lipinski definition) is 0. The summed E-state index contributed by atoms with van der Waals surface area (Å²) in [6.07, 6.45) is -0.434. The van der Waals surface area contributed by atoms with Gasteiger partial charge in [-0.1, -0.05) is 30.3 Å². The summed E-state index contributed by atoms with van der Waals surface area (Å²) in [4.78, 5) is -0.647. The van der Waals surface area contributed by atoms with E-state index in [0.29, 0.717) is 6.07 Å². The average molecular weight is 339 g/mol. The summed E-state index contributed by atoms with van der Waals surface area (Å²) < 4.78 is 59.1. The minimum atomic E-state index is -4.12. The predicted molar refractivity (Wildman–Crippen MR) is 80.3 cm³/mol. The van der Waals surface area contributed by atoms with Crippen molar-refractivity contribution in [3.8, 4) is 0 Å². The van der Waals surface area contributed by atoms with Crippen LogP contribution in [0.25, 0.3) is 0 Å². The molecule has 0 amide bonds. The molecule has 0 aliphatic carbocycles. The van der Waals surface area contributed by atoms with Crippen LogP contribution < -0.4 is 0 Å². The molecule has 1 heterocycles. The van der Waals surface area contributed by atoms with Gasteiger partial charge in [0.15, 0.2) is 0 Å². The summed E-state index contributed by atoms with van der Waals surface area (Å²) in [5, 5.41) is 0. The van der Waals surface area contributed by atoms with Crippen molar-refractivity contribution in [1.29, 1.82) is 0 Å². The maximum atomic E-state index is 13.8. The molecule has 0 aromatic heterocycles. The van der Waals surface area contributed by atoms with Gasteiger partial charge in [0.05, 0.1) is 12.7 Å². The van der Waals surface area contributed by atoms with Crippen LogP contribution in [0.15, 0.2) is 53.4 Å². The molecular weight excluding hydrogens is 324 g/mol. The van der Waals surface area contributed by atoms with E-state index in [4.69, 9.17) is 4.74 Å². The topological polar surface area (TPSA) is 46.6 Å². The quantitative estimate of drug-likeness (QED) is 0.864. The summed E-state index contributed by atoms with van der Waals surface area (Å²) in [5.41, 5.74) is 0.840. The first-order chi connectivity index (χ1) is 11.0. The van der Waals surface area contributed by atoms with Gasteiger partial charge in [0.1, 0.15) is 16.5 Å². The number of halogens is 2. The Labute approximate surface area is 133 Å². The van der Waals surface area contributed by atoms with Crippen molar-refractivity contribution in [1.82, 2.24) is 4.31 Å². The summed E-state index contributed by atoms with van der Waals surface area (Å²) in [6.45, 7) is 0.347. The zero-order valence-electron chi connectivity index (χ0n) is 12.2. The van der Waals surface area contributed by atoms with E-state index < -0.39 is 32.7 Å². The van der Waals surface area contributed by atoms with Gasteiger partial charge in [-0.3, -0.25) is 0 Å². The van der Waals surface area contributed by atoms with Crippen molar-refractivity contribution in [2.45, 2.75) is 11.0 Å². The number of sulfonamides is 1. The fourth-order valence-electron chi connectivity index (χ4n) is 2.53. The van der Waals surface area contributed by atoms with Gasteiger partial charge in [-0.25, -0.2) is 17.2 Å². The van der Waals surface area contributed by atoms with E-state index in [0.717, 1.165) is 22.0 Å². The van der Waals surface area contributed by atoms with Gasteiger partial charge in [-0.05, 0) is 23.8 Å². The lowest BCUT2D eigenvalue weighted by Gasteiger charge is -2.32. The molecule has 0 N–H and O–H groups in total. The Hall–Kier alpha value is -1.83. The lowest BCUT2D eigenvalue weighted by Crippen LogP contribution is -2.42. The Morgan fingerprint density at radius 1 is 1.09 bits per heavy atom. The molecule has 1 atom stereocenters. The molecule has 23 heavy (non-hydrogen) atoms. The van der Waals surface area contributed by atoms with Crippen LogP contribution in [-0.2, 0) is 14.8 Å². The normalized spacial score (nSPS) is 19.7. The van der Waals surface area contributed by atoms with E-state index >= 15 is 0 Å². The SMILES string of the molecule is O=S(=O)(c1cc(F)ccc1F)N1CCO[C@H](c2ccccc2)C1. The Morgan fingerprint density at radius 2 is 1.83 bits per heavy atom. The zero-order valence-corrected chi connectivity index (χ0v) is 13.0. The van der Waals surface area contributed by atoms with Gasteiger partial charge in [0, 0.05) is 13.1 Å². The first kappa shape index (κ1) is 16.0. The van der Waals surface area contributed by atoms with Gasteiger partial charge in [-0.15, -0.1) is 0 Å². The first-order valence-electron chi connectivity index (χ1n) is 7.10. The second-order valence-corrected chi connectivity index (χ2v) is 7.11. The van der Waals surface area contributed by atoms with Crippen molar-refractivity contribution in [2.24, 2.45) is 0 Å². The number of hydrogen-bond acceptors (Lipinski definition) is 3. The monoisotopic (exact) mass is 339 g/mol. The molecule has 0 spiro atoms. The summed E-state index contributed by atoms with van der Waals surface area (Å²) in [7, 11) is -4.12. The maximum absolute atomic E-state index is 13.8. The molecule has 122 valence electrons. The molecule has 1 aliphatic rings. The average Bonchev–Trinajstić information content (AvgIpc) is 2.58. The zero-order chi connectivity index (χ0) is 16.4. The van der Waals surface area contributed by atoms with Gasteiger partial charge < -0.3 is 4.74 Å². The van der Waals surface area contributed by atoms with E-state index in [1.165, 1.54) is 0 Å². The van der Waals surface area contributed by atoms with Crippen molar-refractivity contribution in [2.75, 3.05) is 19.7 Å². The van der Waals surface area contributed by atoms with E-state index in [1.807, 2.05) is 30.3 Å². The number of morpholine rings is 1. The van der Waals surface area contributed by atoms with Crippen LogP contribution in [0.5, 0.6) is 0 Å². The second-order valence-electron chi connectivity index (χ2n) is 5.21. The number of nitrogens with zero attached hydrogens (tertiary/aromatic N) is 1. The standard InChI is InChI=1S/C16H15F2NO3S/c17-13-6-7-14(18)16(10-13)23(20,21)19-8-9-22-15(11-19)12-4-2-1-3-5-12/h1-7,10,15H,8-9,11H2/t15-/m0/s1. The van der Waals surface area contributed by atoms with E-state index in [9.17, 15) is 17.2 Å². The minimum Gasteiger partial charge on any atom is -0.371 e. The van der Waals surface area contributed by atoms with E-state index in [2.05, 4.69) is 0 Å². The van der Waals surface area contributed by atoms with Gasteiger partial charge >= 0.3 is 0 Å². The minimum absolute atomic E-state index is 0.0578. The van der Waals surface area contributed by atoms with Crippen LogP contribution in [-0.4, -0.2) is 32.4 Å². The third-order valence-corrected chi connectivity index (χ3v) is 5.59. The Kier molecular flexibility index (Phi) is 4.43.